The number of nitrogens with zero attached hydrogens (tertiary/aromatic N) is 2. The minimum absolute atomic E-state index is 0.140. The molecule has 1 aromatic rings. The number of hydrogen-bond acceptors (Lipinski definition) is 5. The molecule has 0 aliphatic rings. The van der Waals surface area contributed by atoms with E-state index in [1.54, 1.807) is 6.07 Å². The molecule has 84 valence electrons. The van der Waals surface area contributed by atoms with Gasteiger partial charge in [0.1, 0.15) is 5.69 Å². The summed E-state index contributed by atoms with van der Waals surface area (Å²) in [6.45, 7) is 1.24. The molecule has 1 aromatic carbocycles. The molecule has 0 unspecified atom stereocenters. The Morgan fingerprint density at radius 2 is 2.12 bits per heavy atom. The van der Waals surface area contributed by atoms with Crippen LogP contribution in [0.3, 0.4) is 0 Å². The van der Waals surface area contributed by atoms with Gasteiger partial charge in [-0.25, -0.2) is 0 Å². The molecule has 0 bridgehead atoms. The number of nitrogens with one attached hydrogen (secondary N) is 1. The van der Waals surface area contributed by atoms with Gasteiger partial charge in [0.15, 0.2) is 11.0 Å². The van der Waals surface area contributed by atoms with Crippen molar-refractivity contribution in [1.29, 1.82) is 0 Å². The number of halogens is 1. The first kappa shape index (κ1) is 12.1. The van der Waals surface area contributed by atoms with E-state index in [4.69, 9.17) is 11.6 Å². The molecule has 0 aliphatic carbocycles. The van der Waals surface area contributed by atoms with Crippen LogP contribution in [0, 0.1) is 10.1 Å². The van der Waals surface area contributed by atoms with Crippen LogP contribution in [-0.2, 0) is 4.79 Å². The first-order valence-corrected chi connectivity index (χ1v) is 4.63. The Kier molecular flexibility index (Phi) is 3.96. The lowest BCUT2D eigenvalue weighted by molar-refractivity contribution is -0.384. The molecule has 6 nitrogen and oxygen atoms in total. The number of hydrogen-bond donors (Lipinski definition) is 1. The highest BCUT2D eigenvalue weighted by Gasteiger charge is 2.11. The maximum absolute atomic E-state index is 10.7. The first-order valence-electron chi connectivity index (χ1n) is 4.26. The normalized spacial score (nSPS) is 11.0. The van der Waals surface area contributed by atoms with Gasteiger partial charge in [-0.3, -0.25) is 20.3 Å². The maximum atomic E-state index is 10.7. The summed E-state index contributed by atoms with van der Waals surface area (Å²) >= 11 is 5.47. The molecule has 1 N–H and O–H groups in total. The van der Waals surface area contributed by atoms with Crippen molar-refractivity contribution >= 4 is 33.9 Å². The Morgan fingerprint density at radius 3 is 2.69 bits per heavy atom. The lowest BCUT2D eigenvalue weighted by Crippen LogP contribution is -2.05. The second kappa shape index (κ2) is 5.22. The Morgan fingerprint density at radius 1 is 1.50 bits per heavy atom. The lowest BCUT2D eigenvalue weighted by atomic mass is 10.3. The van der Waals surface area contributed by atoms with Crippen LogP contribution in [0.25, 0.3) is 0 Å². The van der Waals surface area contributed by atoms with Crippen LogP contribution in [0.2, 0.25) is 0 Å². The number of rotatable bonds is 4. The highest BCUT2D eigenvalue weighted by Crippen LogP contribution is 2.22. The molecule has 0 atom stereocenters. The van der Waals surface area contributed by atoms with Gasteiger partial charge in [-0.05, 0) is 6.07 Å². The fraction of sp³-hybridized carbons (Fsp3) is 0.111. The molecule has 0 aromatic heterocycles. The quantitative estimate of drug-likeness (QED) is 0.497. The summed E-state index contributed by atoms with van der Waals surface area (Å²) in [4.78, 5) is 20.8. The van der Waals surface area contributed by atoms with Gasteiger partial charge in [-0.15, -0.1) is 0 Å². The zero-order valence-corrected chi connectivity index (χ0v) is 9.06. The number of hydrazone groups is 1. The number of para-hydroxylation sites is 2. The van der Waals surface area contributed by atoms with E-state index in [1.807, 2.05) is 0 Å². The molecule has 0 saturated carbocycles. The number of carbonyl (C=O) groups is 1. The summed E-state index contributed by atoms with van der Waals surface area (Å²) in [6.07, 6.45) is 0. The second-order valence-corrected chi connectivity index (χ2v) is 3.20. The van der Waals surface area contributed by atoms with Crippen LogP contribution < -0.4 is 5.43 Å². The standard InChI is InChI=1S/C9H8ClN3O3/c1-6(14)9(10)12-11-7-4-2-3-5-8(7)13(15)16/h2-5,11H,1H3/b12-9-. The Balaban J connectivity index is 2.94. The average molecular weight is 242 g/mol. The predicted octanol–water partition coefficient (Wildman–Crippen LogP) is 2.15. The van der Waals surface area contributed by atoms with Gasteiger partial charge in [0.05, 0.1) is 4.92 Å². The van der Waals surface area contributed by atoms with E-state index in [9.17, 15) is 14.9 Å². The second-order valence-electron chi connectivity index (χ2n) is 2.84. The van der Waals surface area contributed by atoms with Crippen molar-refractivity contribution in [2.24, 2.45) is 5.10 Å². The predicted molar refractivity (Wildman–Crippen MR) is 60.7 cm³/mol. The van der Waals surface area contributed by atoms with Crippen LogP contribution in [0.4, 0.5) is 11.4 Å². The smallest absolute Gasteiger partial charge is 0.292 e. The van der Waals surface area contributed by atoms with Crippen LogP contribution in [0.5, 0.6) is 0 Å². The molecule has 7 heteroatoms. The van der Waals surface area contributed by atoms with Crippen molar-refractivity contribution in [2.45, 2.75) is 6.92 Å². The fourth-order valence-electron chi connectivity index (χ4n) is 0.915. The summed E-state index contributed by atoms with van der Waals surface area (Å²) in [7, 11) is 0. The van der Waals surface area contributed by atoms with E-state index in [0.717, 1.165) is 0 Å². The van der Waals surface area contributed by atoms with Crippen molar-refractivity contribution in [2.75, 3.05) is 5.43 Å². The molecule has 0 radical (unpaired) electrons. The number of ketones is 1. The molecule has 0 fully saturated rings. The lowest BCUT2D eigenvalue weighted by Gasteiger charge is -2.01. The third kappa shape index (κ3) is 3.03. The van der Waals surface area contributed by atoms with Crippen molar-refractivity contribution in [1.82, 2.24) is 0 Å². The van der Waals surface area contributed by atoms with E-state index in [0.29, 0.717) is 0 Å². The average Bonchev–Trinajstić information content (AvgIpc) is 2.25. The van der Waals surface area contributed by atoms with E-state index >= 15 is 0 Å². The molecule has 1 rings (SSSR count). The van der Waals surface area contributed by atoms with Crippen molar-refractivity contribution < 1.29 is 9.72 Å². The number of Topliss-reactive ketones (excluding diaryl/α,β-unsaturated/α-hetero) is 1. The van der Waals surface area contributed by atoms with Gasteiger partial charge < -0.3 is 0 Å². The van der Waals surface area contributed by atoms with Gasteiger partial charge in [0, 0.05) is 13.0 Å². The summed E-state index contributed by atoms with van der Waals surface area (Å²) in [5, 5.41) is 13.9. The zero-order valence-electron chi connectivity index (χ0n) is 8.31. The topological polar surface area (TPSA) is 84.6 Å². The molecule has 0 aliphatic heterocycles. The highest BCUT2D eigenvalue weighted by molar-refractivity contribution is 6.82. The molecule has 0 heterocycles. The number of nitro groups is 1. The number of benzene rings is 1. The maximum Gasteiger partial charge on any atom is 0.294 e. The highest BCUT2D eigenvalue weighted by atomic mass is 35.5. The largest absolute Gasteiger partial charge is 0.294 e. The van der Waals surface area contributed by atoms with Crippen LogP contribution in [0.15, 0.2) is 29.4 Å². The van der Waals surface area contributed by atoms with Crippen molar-refractivity contribution in [3.05, 3.63) is 34.4 Å². The van der Waals surface area contributed by atoms with E-state index < -0.39 is 10.7 Å². The molecule has 16 heavy (non-hydrogen) atoms. The van der Waals surface area contributed by atoms with E-state index in [2.05, 4.69) is 10.5 Å². The van der Waals surface area contributed by atoms with Crippen LogP contribution >= 0.6 is 11.6 Å². The van der Waals surface area contributed by atoms with Gasteiger partial charge in [-0.2, -0.15) is 5.10 Å². The summed E-state index contributed by atoms with van der Waals surface area (Å²) < 4.78 is 0. The third-order valence-corrected chi connectivity index (χ3v) is 2.02. The number of anilines is 1. The Labute approximate surface area is 96.1 Å². The van der Waals surface area contributed by atoms with Crippen molar-refractivity contribution in [3.63, 3.8) is 0 Å². The first-order chi connectivity index (χ1) is 7.52. The number of carbonyl (C=O) groups excluding carboxylic acids is 1. The fourth-order valence-corrected chi connectivity index (χ4v) is 0.958. The summed E-state index contributed by atoms with van der Waals surface area (Å²) in [5.74, 6) is -0.423. The minimum Gasteiger partial charge on any atom is -0.292 e. The summed E-state index contributed by atoms with van der Waals surface area (Å²) in [6, 6.07) is 5.91. The van der Waals surface area contributed by atoms with Gasteiger partial charge in [-0.1, -0.05) is 23.7 Å². The van der Waals surface area contributed by atoms with E-state index in [1.165, 1.54) is 25.1 Å². The Hall–Kier alpha value is -1.95. The molecular weight excluding hydrogens is 234 g/mol. The Bertz CT molecular complexity index is 459. The summed E-state index contributed by atoms with van der Waals surface area (Å²) in [5.41, 5.74) is 2.40. The monoisotopic (exact) mass is 241 g/mol. The third-order valence-electron chi connectivity index (χ3n) is 1.67. The van der Waals surface area contributed by atoms with Crippen LogP contribution in [-0.4, -0.2) is 15.9 Å². The van der Waals surface area contributed by atoms with Crippen LogP contribution in [0.1, 0.15) is 6.92 Å². The number of nitro benzene ring substituents is 1. The molecule has 0 spiro atoms. The molecule has 0 saturated heterocycles. The zero-order chi connectivity index (χ0) is 12.1. The van der Waals surface area contributed by atoms with Gasteiger partial charge in [0.25, 0.3) is 5.69 Å². The van der Waals surface area contributed by atoms with Gasteiger partial charge >= 0.3 is 0 Å². The van der Waals surface area contributed by atoms with Gasteiger partial charge in [0.2, 0.25) is 0 Å². The molecule has 0 amide bonds. The van der Waals surface area contributed by atoms with Crippen molar-refractivity contribution in [3.8, 4) is 0 Å². The minimum atomic E-state index is -0.556. The molecular formula is C9H8ClN3O3. The van der Waals surface area contributed by atoms with E-state index in [-0.39, 0.29) is 16.5 Å². The SMILES string of the molecule is CC(=O)/C(Cl)=N/Nc1ccccc1[N+](=O)[O-].